The van der Waals surface area contributed by atoms with Crippen molar-refractivity contribution in [1.82, 2.24) is 0 Å². The van der Waals surface area contributed by atoms with Gasteiger partial charge >= 0.3 is 6.18 Å². The number of rotatable bonds is 4. The Bertz CT molecular complexity index is 479. The van der Waals surface area contributed by atoms with Crippen molar-refractivity contribution < 1.29 is 27.4 Å². The van der Waals surface area contributed by atoms with E-state index in [9.17, 15) is 22.7 Å². The quantitative estimate of drug-likeness (QED) is 0.859. The third kappa shape index (κ3) is 3.42. The van der Waals surface area contributed by atoms with Gasteiger partial charge in [0.1, 0.15) is 0 Å². The average molecular weight is 293 g/mol. The van der Waals surface area contributed by atoms with E-state index in [1.807, 2.05) is 0 Å². The number of benzene rings is 1. The van der Waals surface area contributed by atoms with Crippen LogP contribution < -0.4 is 4.74 Å². The lowest BCUT2D eigenvalue weighted by atomic mass is 9.75. The minimum absolute atomic E-state index is 0.00487. The summed E-state index contributed by atoms with van der Waals surface area (Å²) in [5.74, 6) is -0.664. The molecule has 0 fully saturated rings. The standard InChI is InChI=1S/C14H17F4O2/c1-12(2,8-13(3,19)14(16,17)18)9-5-6-11(20-4)10(15)7-9/h5-7,19H,3,8H2,1-2,4H3. The smallest absolute Gasteiger partial charge is 0.417 e. The van der Waals surface area contributed by atoms with Gasteiger partial charge < -0.3 is 9.84 Å². The SMILES string of the molecule is [CH2]C(O)(CC(C)(C)c1ccc(OC)c(F)c1)C(F)(F)F. The molecule has 1 rings (SSSR count). The lowest BCUT2D eigenvalue weighted by Crippen LogP contribution is -2.46. The Labute approximate surface area is 115 Å². The monoisotopic (exact) mass is 293 g/mol. The molecule has 0 bridgehead atoms. The van der Waals surface area contributed by atoms with E-state index in [4.69, 9.17) is 4.74 Å². The number of hydrogen-bond donors (Lipinski definition) is 1. The first kappa shape index (κ1) is 16.8. The van der Waals surface area contributed by atoms with Gasteiger partial charge in [0, 0.05) is 0 Å². The van der Waals surface area contributed by atoms with Gasteiger partial charge in [0.15, 0.2) is 17.2 Å². The van der Waals surface area contributed by atoms with E-state index in [0.717, 1.165) is 6.07 Å². The van der Waals surface area contributed by atoms with Crippen LogP contribution in [0.1, 0.15) is 25.8 Å². The zero-order chi connectivity index (χ0) is 15.8. The molecule has 0 saturated carbocycles. The molecule has 1 aromatic carbocycles. The summed E-state index contributed by atoms with van der Waals surface area (Å²) >= 11 is 0. The van der Waals surface area contributed by atoms with Gasteiger partial charge in [-0.2, -0.15) is 13.2 Å². The van der Waals surface area contributed by atoms with Crippen LogP contribution in [0.25, 0.3) is 0 Å². The third-order valence-corrected chi connectivity index (χ3v) is 3.20. The van der Waals surface area contributed by atoms with Crippen LogP contribution in [0, 0.1) is 12.7 Å². The normalized spacial score (nSPS) is 15.8. The first-order valence-corrected chi connectivity index (χ1v) is 5.89. The molecule has 6 heteroatoms. The summed E-state index contributed by atoms with van der Waals surface area (Å²) in [7, 11) is 1.29. The summed E-state index contributed by atoms with van der Waals surface area (Å²) < 4.78 is 56.4. The predicted molar refractivity (Wildman–Crippen MR) is 67.0 cm³/mol. The summed E-state index contributed by atoms with van der Waals surface area (Å²) in [6, 6.07) is 3.90. The van der Waals surface area contributed by atoms with Crippen LogP contribution in [0.5, 0.6) is 5.75 Å². The molecule has 1 aromatic rings. The fourth-order valence-electron chi connectivity index (χ4n) is 2.02. The molecule has 1 N–H and O–H groups in total. The van der Waals surface area contributed by atoms with Crippen molar-refractivity contribution in [2.45, 2.75) is 37.5 Å². The van der Waals surface area contributed by atoms with E-state index >= 15 is 0 Å². The molecule has 0 amide bonds. The van der Waals surface area contributed by atoms with Gasteiger partial charge in [-0.25, -0.2) is 4.39 Å². The second kappa shape index (κ2) is 5.24. The highest BCUT2D eigenvalue weighted by molar-refractivity contribution is 5.33. The molecular formula is C14H17F4O2. The van der Waals surface area contributed by atoms with Crippen molar-refractivity contribution >= 4 is 0 Å². The van der Waals surface area contributed by atoms with Crippen molar-refractivity contribution in [1.29, 1.82) is 0 Å². The van der Waals surface area contributed by atoms with E-state index in [0.29, 0.717) is 5.56 Å². The molecule has 2 nitrogen and oxygen atoms in total. The minimum Gasteiger partial charge on any atom is -0.494 e. The molecule has 0 aliphatic carbocycles. The Hall–Kier alpha value is -1.30. The molecule has 0 aromatic heterocycles. The lowest BCUT2D eigenvalue weighted by molar-refractivity contribution is -0.247. The maximum Gasteiger partial charge on any atom is 0.417 e. The van der Waals surface area contributed by atoms with Gasteiger partial charge in [-0.1, -0.05) is 19.9 Å². The van der Waals surface area contributed by atoms with Crippen LogP contribution >= 0.6 is 0 Å². The molecule has 1 radical (unpaired) electrons. The van der Waals surface area contributed by atoms with Crippen molar-refractivity contribution in [3.8, 4) is 5.75 Å². The zero-order valence-corrected chi connectivity index (χ0v) is 11.5. The van der Waals surface area contributed by atoms with Gasteiger partial charge in [-0.15, -0.1) is 0 Å². The molecule has 20 heavy (non-hydrogen) atoms. The number of hydrogen-bond acceptors (Lipinski definition) is 2. The minimum atomic E-state index is -4.85. The second-order valence-corrected chi connectivity index (χ2v) is 5.44. The van der Waals surface area contributed by atoms with Crippen molar-refractivity contribution in [3.63, 3.8) is 0 Å². The number of ether oxygens (including phenoxy) is 1. The van der Waals surface area contributed by atoms with Crippen LogP contribution in [0.4, 0.5) is 17.6 Å². The Morgan fingerprint density at radius 3 is 2.20 bits per heavy atom. The zero-order valence-electron chi connectivity index (χ0n) is 11.5. The topological polar surface area (TPSA) is 29.5 Å². The first-order chi connectivity index (χ1) is 8.90. The molecule has 1 unspecified atom stereocenters. The van der Waals surface area contributed by atoms with Gasteiger partial charge in [0.2, 0.25) is 0 Å². The highest BCUT2D eigenvalue weighted by atomic mass is 19.4. The highest BCUT2D eigenvalue weighted by Crippen LogP contribution is 2.41. The third-order valence-electron chi connectivity index (χ3n) is 3.20. The van der Waals surface area contributed by atoms with Gasteiger partial charge in [-0.3, -0.25) is 0 Å². The van der Waals surface area contributed by atoms with E-state index in [1.54, 1.807) is 0 Å². The number of methoxy groups -OCH3 is 1. The maximum absolute atomic E-state index is 13.6. The van der Waals surface area contributed by atoms with E-state index in [-0.39, 0.29) is 5.75 Å². The molecular weight excluding hydrogens is 276 g/mol. The predicted octanol–water partition coefficient (Wildman–Crippen LogP) is 3.63. The lowest BCUT2D eigenvalue weighted by Gasteiger charge is -2.35. The van der Waals surface area contributed by atoms with E-state index in [1.165, 1.54) is 33.1 Å². The largest absolute Gasteiger partial charge is 0.494 e. The number of halogens is 4. The Morgan fingerprint density at radius 2 is 1.80 bits per heavy atom. The molecule has 0 aliphatic heterocycles. The summed E-state index contributed by atoms with van der Waals surface area (Å²) in [5, 5.41) is 9.46. The van der Waals surface area contributed by atoms with Gasteiger partial charge in [0.25, 0.3) is 0 Å². The van der Waals surface area contributed by atoms with Crippen LogP contribution in [0.2, 0.25) is 0 Å². The Kier molecular flexibility index (Phi) is 4.39. The fourth-order valence-corrected chi connectivity index (χ4v) is 2.02. The van der Waals surface area contributed by atoms with Gasteiger partial charge in [-0.05, 0) is 36.5 Å². The Balaban J connectivity index is 3.08. The fraction of sp³-hybridized carbons (Fsp3) is 0.500. The molecule has 0 heterocycles. The molecule has 1 atom stereocenters. The highest BCUT2D eigenvalue weighted by Gasteiger charge is 2.52. The summed E-state index contributed by atoms with van der Waals surface area (Å²) in [4.78, 5) is 0. The number of aliphatic hydroxyl groups is 1. The van der Waals surface area contributed by atoms with Crippen molar-refractivity contribution in [2.75, 3.05) is 7.11 Å². The van der Waals surface area contributed by atoms with E-state index < -0.39 is 29.4 Å². The average Bonchev–Trinajstić information content (AvgIpc) is 2.25. The molecule has 0 saturated heterocycles. The van der Waals surface area contributed by atoms with Gasteiger partial charge in [0.05, 0.1) is 7.11 Å². The van der Waals surface area contributed by atoms with Crippen molar-refractivity contribution in [2.24, 2.45) is 0 Å². The molecule has 113 valence electrons. The maximum atomic E-state index is 13.6. The molecule has 0 aliphatic rings. The van der Waals surface area contributed by atoms with Crippen LogP contribution in [-0.4, -0.2) is 24.0 Å². The van der Waals surface area contributed by atoms with Crippen LogP contribution in [0.3, 0.4) is 0 Å². The van der Waals surface area contributed by atoms with Crippen LogP contribution in [0.15, 0.2) is 18.2 Å². The summed E-state index contributed by atoms with van der Waals surface area (Å²) in [5.41, 5.74) is -3.88. The summed E-state index contributed by atoms with van der Waals surface area (Å²) in [6.07, 6.45) is -5.54. The summed E-state index contributed by atoms with van der Waals surface area (Å²) in [6.45, 7) is 5.78. The number of alkyl halides is 3. The van der Waals surface area contributed by atoms with E-state index in [2.05, 4.69) is 6.92 Å². The van der Waals surface area contributed by atoms with Crippen molar-refractivity contribution in [3.05, 3.63) is 36.5 Å². The molecule has 0 spiro atoms. The first-order valence-electron chi connectivity index (χ1n) is 5.89. The van der Waals surface area contributed by atoms with Crippen LogP contribution in [-0.2, 0) is 5.41 Å². The second-order valence-electron chi connectivity index (χ2n) is 5.44. The Morgan fingerprint density at radius 1 is 1.25 bits per heavy atom.